The molecule has 3 nitrogen and oxygen atoms in total. The van der Waals surface area contributed by atoms with E-state index in [4.69, 9.17) is 4.74 Å². The molecule has 0 unspecified atom stereocenters. The highest BCUT2D eigenvalue weighted by Crippen LogP contribution is 2.22. The molecule has 0 N–H and O–H groups in total. The maximum Gasteiger partial charge on any atom is 0.0588 e. The molecule has 3 heteroatoms. The lowest BCUT2D eigenvalue weighted by Gasteiger charge is -2.37. The van der Waals surface area contributed by atoms with Gasteiger partial charge in [0.2, 0.25) is 0 Å². The summed E-state index contributed by atoms with van der Waals surface area (Å²) in [6.07, 6.45) is 10.1. The first kappa shape index (κ1) is 12.9. The maximum absolute atomic E-state index is 5.73. The molecule has 0 spiro atoms. The molecule has 3 fully saturated rings. The summed E-state index contributed by atoms with van der Waals surface area (Å²) >= 11 is 0. The van der Waals surface area contributed by atoms with Crippen molar-refractivity contribution in [2.45, 2.75) is 57.1 Å². The fourth-order valence-corrected chi connectivity index (χ4v) is 3.84. The predicted molar refractivity (Wildman–Crippen MR) is 73.9 cm³/mol. The summed E-state index contributed by atoms with van der Waals surface area (Å²) in [5, 5.41) is 0. The van der Waals surface area contributed by atoms with Crippen molar-refractivity contribution in [3.05, 3.63) is 0 Å². The summed E-state index contributed by atoms with van der Waals surface area (Å²) in [6, 6.07) is 0.853. The van der Waals surface area contributed by atoms with Crippen molar-refractivity contribution in [1.82, 2.24) is 9.80 Å². The van der Waals surface area contributed by atoms with Crippen molar-refractivity contribution in [1.29, 1.82) is 0 Å². The van der Waals surface area contributed by atoms with Crippen LogP contribution in [-0.4, -0.2) is 61.3 Å². The van der Waals surface area contributed by atoms with Crippen LogP contribution in [0, 0.1) is 0 Å². The van der Waals surface area contributed by atoms with Crippen molar-refractivity contribution >= 4 is 0 Å². The highest BCUT2D eigenvalue weighted by atomic mass is 16.5. The highest BCUT2D eigenvalue weighted by molar-refractivity contribution is 4.83. The molecule has 3 heterocycles. The molecule has 18 heavy (non-hydrogen) atoms. The van der Waals surface area contributed by atoms with E-state index in [-0.39, 0.29) is 0 Å². The maximum atomic E-state index is 5.73. The average Bonchev–Trinajstić information content (AvgIpc) is 3.10. The van der Waals surface area contributed by atoms with Gasteiger partial charge in [-0.1, -0.05) is 0 Å². The fraction of sp³-hybridized carbons (Fsp3) is 1.00. The Balaban J connectivity index is 1.41. The van der Waals surface area contributed by atoms with Crippen molar-refractivity contribution in [3.8, 4) is 0 Å². The summed E-state index contributed by atoms with van der Waals surface area (Å²) in [5.41, 5.74) is 0. The van der Waals surface area contributed by atoms with E-state index in [1.807, 2.05) is 0 Å². The quantitative estimate of drug-likeness (QED) is 0.762. The standard InChI is InChI=1S/C15H28N2O/c1-2-10-17(9-1)14-5-3-8-16(13-14)11-7-15-6-4-12-18-15/h14-15H,1-13H2/t14-,15-/m1/s1. The third-order valence-corrected chi connectivity index (χ3v) is 4.93. The highest BCUT2D eigenvalue weighted by Gasteiger charge is 2.27. The van der Waals surface area contributed by atoms with E-state index in [1.165, 1.54) is 77.7 Å². The Bertz CT molecular complexity index is 247. The Hall–Kier alpha value is -0.120. The number of nitrogens with zero attached hydrogens (tertiary/aromatic N) is 2. The number of ether oxygens (including phenoxy) is 1. The minimum Gasteiger partial charge on any atom is -0.378 e. The summed E-state index contributed by atoms with van der Waals surface area (Å²) in [5.74, 6) is 0. The van der Waals surface area contributed by atoms with Gasteiger partial charge in [0.1, 0.15) is 0 Å². The van der Waals surface area contributed by atoms with Gasteiger partial charge in [-0.05, 0) is 64.6 Å². The molecule has 0 aromatic carbocycles. The molecule has 0 aromatic heterocycles. The van der Waals surface area contributed by atoms with E-state index in [1.54, 1.807) is 0 Å². The predicted octanol–water partition coefficient (Wildman–Crippen LogP) is 2.12. The van der Waals surface area contributed by atoms with E-state index < -0.39 is 0 Å². The summed E-state index contributed by atoms with van der Waals surface area (Å²) in [7, 11) is 0. The van der Waals surface area contributed by atoms with E-state index in [9.17, 15) is 0 Å². The number of hydrogen-bond donors (Lipinski definition) is 0. The molecule has 0 aliphatic carbocycles. The first-order valence-electron chi connectivity index (χ1n) is 8.00. The molecule has 0 amide bonds. The second-order valence-electron chi connectivity index (χ2n) is 6.26. The van der Waals surface area contributed by atoms with Gasteiger partial charge in [-0.25, -0.2) is 0 Å². The molecular weight excluding hydrogens is 224 g/mol. The Labute approximate surface area is 111 Å². The van der Waals surface area contributed by atoms with Crippen LogP contribution < -0.4 is 0 Å². The Morgan fingerprint density at radius 3 is 2.61 bits per heavy atom. The Kier molecular flexibility index (Phi) is 4.55. The number of rotatable bonds is 4. The molecule has 0 bridgehead atoms. The van der Waals surface area contributed by atoms with Gasteiger partial charge in [0.15, 0.2) is 0 Å². The summed E-state index contributed by atoms with van der Waals surface area (Å²) in [4.78, 5) is 5.42. The Morgan fingerprint density at radius 2 is 1.83 bits per heavy atom. The summed E-state index contributed by atoms with van der Waals surface area (Å²) < 4.78 is 5.73. The largest absolute Gasteiger partial charge is 0.378 e. The zero-order valence-corrected chi connectivity index (χ0v) is 11.6. The second-order valence-corrected chi connectivity index (χ2v) is 6.26. The van der Waals surface area contributed by atoms with Gasteiger partial charge in [-0.15, -0.1) is 0 Å². The van der Waals surface area contributed by atoms with Crippen LogP contribution in [0.2, 0.25) is 0 Å². The van der Waals surface area contributed by atoms with Crippen LogP contribution in [0.4, 0.5) is 0 Å². The van der Waals surface area contributed by atoms with E-state index in [0.29, 0.717) is 6.10 Å². The van der Waals surface area contributed by atoms with Crippen LogP contribution in [0.3, 0.4) is 0 Å². The zero-order chi connectivity index (χ0) is 12.2. The average molecular weight is 252 g/mol. The van der Waals surface area contributed by atoms with Gasteiger partial charge < -0.3 is 9.64 Å². The number of piperidine rings is 1. The molecule has 0 saturated carbocycles. The smallest absolute Gasteiger partial charge is 0.0588 e. The third-order valence-electron chi connectivity index (χ3n) is 4.93. The van der Waals surface area contributed by atoms with E-state index >= 15 is 0 Å². The van der Waals surface area contributed by atoms with Crippen molar-refractivity contribution in [3.63, 3.8) is 0 Å². The van der Waals surface area contributed by atoms with Crippen LogP contribution >= 0.6 is 0 Å². The minimum atomic E-state index is 0.567. The van der Waals surface area contributed by atoms with Gasteiger partial charge in [-0.3, -0.25) is 4.90 Å². The van der Waals surface area contributed by atoms with Crippen LogP contribution in [0.15, 0.2) is 0 Å². The zero-order valence-electron chi connectivity index (χ0n) is 11.6. The first-order chi connectivity index (χ1) is 8.92. The molecule has 104 valence electrons. The molecule has 3 rings (SSSR count). The molecule has 3 aliphatic rings. The SMILES string of the molecule is C1CO[C@@H](CCN2CCC[C@@H](N3CCCC3)C2)C1. The van der Waals surface area contributed by atoms with Crippen molar-refractivity contribution < 1.29 is 4.74 Å². The fourth-order valence-electron chi connectivity index (χ4n) is 3.84. The van der Waals surface area contributed by atoms with Crippen LogP contribution in [-0.2, 0) is 4.74 Å². The molecule has 3 aliphatic heterocycles. The van der Waals surface area contributed by atoms with Crippen LogP contribution in [0.25, 0.3) is 0 Å². The Morgan fingerprint density at radius 1 is 0.944 bits per heavy atom. The van der Waals surface area contributed by atoms with Crippen molar-refractivity contribution in [2.24, 2.45) is 0 Å². The lowest BCUT2D eigenvalue weighted by Crippen LogP contribution is -2.47. The molecule has 3 saturated heterocycles. The van der Waals surface area contributed by atoms with Gasteiger partial charge in [0.25, 0.3) is 0 Å². The van der Waals surface area contributed by atoms with Gasteiger partial charge in [-0.2, -0.15) is 0 Å². The van der Waals surface area contributed by atoms with Gasteiger partial charge in [0.05, 0.1) is 6.10 Å². The van der Waals surface area contributed by atoms with Gasteiger partial charge >= 0.3 is 0 Å². The lowest BCUT2D eigenvalue weighted by molar-refractivity contribution is 0.0730. The molecular formula is C15H28N2O. The van der Waals surface area contributed by atoms with Crippen LogP contribution in [0.1, 0.15) is 44.9 Å². The van der Waals surface area contributed by atoms with E-state index in [2.05, 4.69) is 9.80 Å². The van der Waals surface area contributed by atoms with Gasteiger partial charge in [0, 0.05) is 25.7 Å². The molecule has 0 radical (unpaired) electrons. The van der Waals surface area contributed by atoms with Crippen molar-refractivity contribution in [2.75, 3.05) is 39.3 Å². The molecule has 0 aromatic rings. The second kappa shape index (κ2) is 6.36. The van der Waals surface area contributed by atoms with Crippen LogP contribution in [0.5, 0.6) is 0 Å². The normalized spacial score (nSPS) is 35.3. The third kappa shape index (κ3) is 3.25. The minimum absolute atomic E-state index is 0.567. The first-order valence-corrected chi connectivity index (χ1v) is 8.00. The summed E-state index contributed by atoms with van der Waals surface area (Å²) in [6.45, 7) is 7.59. The monoisotopic (exact) mass is 252 g/mol. The number of likely N-dealkylation sites (tertiary alicyclic amines) is 2. The van der Waals surface area contributed by atoms with E-state index in [0.717, 1.165) is 12.6 Å². The number of hydrogen-bond acceptors (Lipinski definition) is 3. The topological polar surface area (TPSA) is 15.7 Å². The molecule has 2 atom stereocenters. The lowest BCUT2D eigenvalue weighted by atomic mass is 10.0.